The fraction of sp³-hybridized carbons (Fsp3) is 0.571. The zero-order valence-electron chi connectivity index (χ0n) is 10.4. The SMILES string of the molecule is COc1ccc(C(Cl)C2CC2(C)C)c(C)c1. The Bertz CT molecular complexity index is 398. The molecule has 88 valence electrons. The van der Waals surface area contributed by atoms with Crippen LogP contribution in [-0.4, -0.2) is 7.11 Å². The number of rotatable bonds is 3. The molecule has 0 spiro atoms. The molecule has 1 aromatic carbocycles. The van der Waals surface area contributed by atoms with E-state index in [1.807, 2.05) is 6.07 Å². The highest BCUT2D eigenvalue weighted by Gasteiger charge is 2.50. The van der Waals surface area contributed by atoms with Gasteiger partial charge in [-0.25, -0.2) is 0 Å². The van der Waals surface area contributed by atoms with Gasteiger partial charge in [-0.1, -0.05) is 19.9 Å². The van der Waals surface area contributed by atoms with Crippen molar-refractivity contribution < 1.29 is 4.74 Å². The molecule has 0 bridgehead atoms. The molecule has 0 N–H and O–H groups in total. The Morgan fingerprint density at radius 3 is 2.50 bits per heavy atom. The normalized spacial score (nSPS) is 23.9. The number of alkyl halides is 1. The van der Waals surface area contributed by atoms with Crippen LogP contribution >= 0.6 is 11.6 Å². The Balaban J connectivity index is 2.21. The lowest BCUT2D eigenvalue weighted by atomic mass is 9.98. The molecule has 0 aliphatic heterocycles. The Morgan fingerprint density at radius 2 is 2.06 bits per heavy atom. The first kappa shape index (κ1) is 11.8. The quantitative estimate of drug-likeness (QED) is 0.713. The van der Waals surface area contributed by atoms with Gasteiger partial charge in [-0.05, 0) is 47.9 Å². The van der Waals surface area contributed by atoms with E-state index >= 15 is 0 Å². The van der Waals surface area contributed by atoms with Crippen molar-refractivity contribution in [1.82, 2.24) is 0 Å². The smallest absolute Gasteiger partial charge is 0.119 e. The second-order valence-electron chi connectivity index (χ2n) is 5.42. The molecule has 1 fully saturated rings. The van der Waals surface area contributed by atoms with Crippen molar-refractivity contribution in [3.05, 3.63) is 29.3 Å². The zero-order chi connectivity index (χ0) is 11.9. The summed E-state index contributed by atoms with van der Waals surface area (Å²) >= 11 is 6.55. The third kappa shape index (κ3) is 2.06. The molecule has 1 aromatic rings. The largest absolute Gasteiger partial charge is 0.497 e. The molecule has 2 heteroatoms. The molecule has 2 rings (SSSR count). The second kappa shape index (κ2) is 3.96. The summed E-state index contributed by atoms with van der Waals surface area (Å²) < 4.78 is 5.20. The predicted octanol–water partition coefficient (Wildman–Crippen LogP) is 4.33. The maximum atomic E-state index is 6.55. The number of aryl methyl sites for hydroxylation is 1. The molecule has 0 radical (unpaired) electrons. The molecular weight excluding hydrogens is 220 g/mol. The molecule has 1 nitrogen and oxygen atoms in total. The van der Waals surface area contributed by atoms with Crippen molar-refractivity contribution >= 4 is 11.6 Å². The van der Waals surface area contributed by atoms with Crippen LogP contribution in [0.25, 0.3) is 0 Å². The fourth-order valence-corrected chi connectivity index (χ4v) is 2.98. The molecule has 2 unspecified atom stereocenters. The van der Waals surface area contributed by atoms with E-state index in [1.165, 1.54) is 17.5 Å². The monoisotopic (exact) mass is 238 g/mol. The van der Waals surface area contributed by atoms with Crippen LogP contribution in [0.4, 0.5) is 0 Å². The number of hydrogen-bond acceptors (Lipinski definition) is 1. The first-order valence-corrected chi connectivity index (χ1v) is 6.18. The van der Waals surface area contributed by atoms with Crippen LogP contribution in [0.5, 0.6) is 5.75 Å². The van der Waals surface area contributed by atoms with Gasteiger partial charge in [-0.3, -0.25) is 0 Å². The maximum Gasteiger partial charge on any atom is 0.119 e. The Hall–Kier alpha value is -0.690. The highest BCUT2D eigenvalue weighted by molar-refractivity contribution is 6.21. The van der Waals surface area contributed by atoms with Crippen molar-refractivity contribution in [2.45, 2.75) is 32.6 Å². The highest BCUT2D eigenvalue weighted by atomic mass is 35.5. The first-order chi connectivity index (χ1) is 7.45. The van der Waals surface area contributed by atoms with Gasteiger partial charge in [0.2, 0.25) is 0 Å². The van der Waals surface area contributed by atoms with Crippen molar-refractivity contribution in [2.24, 2.45) is 11.3 Å². The average Bonchev–Trinajstić information content (AvgIpc) is 2.86. The highest BCUT2D eigenvalue weighted by Crippen LogP contribution is 2.60. The van der Waals surface area contributed by atoms with Gasteiger partial charge in [0.25, 0.3) is 0 Å². The van der Waals surface area contributed by atoms with E-state index in [1.54, 1.807) is 7.11 Å². The van der Waals surface area contributed by atoms with Gasteiger partial charge in [0, 0.05) is 0 Å². The molecule has 0 heterocycles. The van der Waals surface area contributed by atoms with E-state index < -0.39 is 0 Å². The van der Waals surface area contributed by atoms with Crippen molar-refractivity contribution in [1.29, 1.82) is 0 Å². The van der Waals surface area contributed by atoms with Crippen molar-refractivity contribution in [2.75, 3.05) is 7.11 Å². The summed E-state index contributed by atoms with van der Waals surface area (Å²) in [6.07, 6.45) is 1.23. The summed E-state index contributed by atoms with van der Waals surface area (Å²) in [6.45, 7) is 6.67. The minimum atomic E-state index is 0.140. The van der Waals surface area contributed by atoms with Gasteiger partial charge in [0.15, 0.2) is 0 Å². The Kier molecular flexibility index (Phi) is 2.91. The minimum Gasteiger partial charge on any atom is -0.497 e. The molecule has 1 saturated carbocycles. The third-order valence-corrected chi connectivity index (χ3v) is 4.26. The lowest BCUT2D eigenvalue weighted by molar-refractivity contribution is 0.414. The predicted molar refractivity (Wildman–Crippen MR) is 68.2 cm³/mol. The van der Waals surface area contributed by atoms with Gasteiger partial charge in [0.05, 0.1) is 12.5 Å². The molecular formula is C14H19ClO. The number of hydrogen-bond donors (Lipinski definition) is 0. The van der Waals surface area contributed by atoms with Crippen LogP contribution in [0.15, 0.2) is 18.2 Å². The van der Waals surface area contributed by atoms with Gasteiger partial charge in [-0.2, -0.15) is 0 Å². The third-order valence-electron chi connectivity index (χ3n) is 3.72. The molecule has 16 heavy (non-hydrogen) atoms. The number of benzene rings is 1. The van der Waals surface area contributed by atoms with Gasteiger partial charge in [0.1, 0.15) is 5.75 Å². The summed E-state index contributed by atoms with van der Waals surface area (Å²) in [5.74, 6) is 1.52. The van der Waals surface area contributed by atoms with Crippen molar-refractivity contribution in [3.63, 3.8) is 0 Å². The average molecular weight is 239 g/mol. The van der Waals surface area contributed by atoms with Crippen LogP contribution in [0.2, 0.25) is 0 Å². The van der Waals surface area contributed by atoms with Crippen LogP contribution in [0.1, 0.15) is 36.8 Å². The van der Waals surface area contributed by atoms with Crippen LogP contribution in [0, 0.1) is 18.3 Å². The maximum absolute atomic E-state index is 6.55. The van der Waals surface area contributed by atoms with Gasteiger partial charge >= 0.3 is 0 Å². The Morgan fingerprint density at radius 1 is 1.44 bits per heavy atom. The van der Waals surface area contributed by atoms with Crippen LogP contribution in [-0.2, 0) is 0 Å². The lowest BCUT2D eigenvalue weighted by Crippen LogP contribution is -2.01. The summed E-state index contributed by atoms with van der Waals surface area (Å²) in [4.78, 5) is 0. The molecule has 1 aliphatic carbocycles. The fourth-order valence-electron chi connectivity index (χ4n) is 2.31. The summed E-state index contributed by atoms with van der Waals surface area (Å²) in [6, 6.07) is 6.15. The zero-order valence-corrected chi connectivity index (χ0v) is 11.1. The minimum absolute atomic E-state index is 0.140. The molecule has 2 atom stereocenters. The van der Waals surface area contributed by atoms with E-state index in [9.17, 15) is 0 Å². The van der Waals surface area contributed by atoms with E-state index in [0.29, 0.717) is 11.3 Å². The van der Waals surface area contributed by atoms with Crippen LogP contribution in [0.3, 0.4) is 0 Å². The van der Waals surface area contributed by atoms with Crippen molar-refractivity contribution in [3.8, 4) is 5.75 Å². The van der Waals surface area contributed by atoms with Crippen LogP contribution < -0.4 is 4.74 Å². The molecule has 0 amide bonds. The van der Waals surface area contributed by atoms with E-state index in [4.69, 9.17) is 16.3 Å². The summed E-state index contributed by atoms with van der Waals surface area (Å²) in [5.41, 5.74) is 2.89. The lowest BCUT2D eigenvalue weighted by Gasteiger charge is -2.15. The second-order valence-corrected chi connectivity index (χ2v) is 5.89. The number of methoxy groups -OCH3 is 1. The standard InChI is InChI=1S/C14H19ClO/c1-9-7-10(16-4)5-6-11(9)13(15)12-8-14(12,2)3/h5-7,12-13H,8H2,1-4H3. The Labute approximate surface area is 103 Å². The van der Waals surface area contributed by atoms with Gasteiger partial charge in [-0.15, -0.1) is 11.6 Å². The topological polar surface area (TPSA) is 9.23 Å². The molecule has 1 aliphatic rings. The molecule has 0 saturated heterocycles. The molecule has 0 aromatic heterocycles. The van der Waals surface area contributed by atoms with Gasteiger partial charge < -0.3 is 4.74 Å². The first-order valence-electron chi connectivity index (χ1n) is 5.74. The van der Waals surface area contributed by atoms with E-state index in [2.05, 4.69) is 32.9 Å². The summed E-state index contributed by atoms with van der Waals surface area (Å²) in [7, 11) is 1.69. The number of halogens is 1. The summed E-state index contributed by atoms with van der Waals surface area (Å²) in [5, 5.41) is 0.140. The van der Waals surface area contributed by atoms with E-state index in [-0.39, 0.29) is 5.38 Å². The van der Waals surface area contributed by atoms with E-state index in [0.717, 1.165) is 5.75 Å². The number of ether oxygens (including phenoxy) is 1.